The fourth-order valence-electron chi connectivity index (χ4n) is 1.71. The van der Waals surface area contributed by atoms with Crippen LogP contribution in [0.15, 0.2) is 47.2 Å². The van der Waals surface area contributed by atoms with Crippen LogP contribution in [0, 0.1) is 0 Å². The number of thiophene rings is 1. The molecule has 0 fully saturated rings. The van der Waals surface area contributed by atoms with Gasteiger partial charge in [-0.25, -0.2) is 4.98 Å². The van der Waals surface area contributed by atoms with Crippen LogP contribution in [0.5, 0.6) is 0 Å². The maximum Gasteiger partial charge on any atom is 0.225 e. The van der Waals surface area contributed by atoms with E-state index >= 15 is 0 Å². The third-order valence-electron chi connectivity index (χ3n) is 2.54. The summed E-state index contributed by atoms with van der Waals surface area (Å²) in [6.07, 6.45) is 3.17. The Labute approximate surface area is 113 Å². The molecule has 0 bridgehead atoms. The second-order valence-electron chi connectivity index (χ2n) is 3.73. The predicted molar refractivity (Wildman–Crippen MR) is 74.7 cm³/mol. The van der Waals surface area contributed by atoms with Gasteiger partial charge < -0.3 is 10.2 Å². The lowest BCUT2D eigenvalue weighted by Crippen LogP contribution is -1.81. The molecule has 0 atom stereocenters. The molecule has 2 N–H and O–H groups in total. The molecule has 0 unspecified atom stereocenters. The van der Waals surface area contributed by atoms with Crippen LogP contribution < -0.4 is 5.73 Å². The maximum absolute atomic E-state index is 6.22. The summed E-state index contributed by atoms with van der Waals surface area (Å²) in [5, 5.41) is 1.45. The molecule has 0 aliphatic heterocycles. The lowest BCUT2D eigenvalue weighted by atomic mass is 10.1. The number of hydrogen-bond donors (Lipinski definition) is 1. The Bertz CT molecular complexity index is 676. The smallest absolute Gasteiger partial charge is 0.225 e. The Morgan fingerprint density at radius 2 is 2.11 bits per heavy atom. The van der Waals surface area contributed by atoms with Gasteiger partial charge in [-0.1, -0.05) is 11.6 Å². The third kappa shape index (κ3) is 2.00. The second-order valence-corrected chi connectivity index (χ2v) is 5.26. The van der Waals surface area contributed by atoms with Crippen molar-refractivity contribution in [3.8, 4) is 21.9 Å². The number of anilines is 1. The van der Waals surface area contributed by atoms with E-state index in [4.69, 9.17) is 21.8 Å². The van der Waals surface area contributed by atoms with Crippen LogP contribution in [0.4, 0.5) is 5.00 Å². The minimum absolute atomic E-state index is 0.581. The molecule has 0 aliphatic carbocycles. The number of oxazole rings is 1. The summed E-state index contributed by atoms with van der Waals surface area (Å²) in [5.74, 6) is 0.581. The van der Waals surface area contributed by atoms with Crippen LogP contribution in [-0.2, 0) is 0 Å². The van der Waals surface area contributed by atoms with E-state index in [0.717, 1.165) is 21.0 Å². The molecule has 2 aromatic heterocycles. The Morgan fingerprint density at radius 1 is 1.22 bits per heavy atom. The standard InChI is InChI=1S/C13H9ClN2OS/c14-10-2-1-8(13-16-5-6-17-13)7-9(10)11-3-4-12(15)18-11/h1-7H,15H2. The minimum atomic E-state index is 0.581. The number of aromatic nitrogens is 1. The van der Waals surface area contributed by atoms with Crippen molar-refractivity contribution in [2.24, 2.45) is 0 Å². The van der Waals surface area contributed by atoms with Crippen LogP contribution >= 0.6 is 22.9 Å². The van der Waals surface area contributed by atoms with Crippen molar-refractivity contribution in [3.63, 3.8) is 0 Å². The van der Waals surface area contributed by atoms with E-state index in [1.165, 1.54) is 11.3 Å². The van der Waals surface area contributed by atoms with Gasteiger partial charge in [0.2, 0.25) is 5.89 Å². The largest absolute Gasteiger partial charge is 0.445 e. The fraction of sp³-hybridized carbons (Fsp3) is 0. The van der Waals surface area contributed by atoms with E-state index in [9.17, 15) is 0 Å². The Morgan fingerprint density at radius 3 is 2.78 bits per heavy atom. The first-order chi connectivity index (χ1) is 8.74. The molecule has 0 saturated heterocycles. The average Bonchev–Trinajstić information content (AvgIpc) is 3.01. The van der Waals surface area contributed by atoms with Gasteiger partial charge in [0.15, 0.2) is 0 Å². The number of benzene rings is 1. The second kappa shape index (κ2) is 4.48. The molecule has 2 heterocycles. The maximum atomic E-state index is 6.22. The molecule has 3 aromatic rings. The molecule has 3 nitrogen and oxygen atoms in total. The van der Waals surface area contributed by atoms with Gasteiger partial charge in [-0.3, -0.25) is 0 Å². The highest BCUT2D eigenvalue weighted by atomic mass is 35.5. The monoisotopic (exact) mass is 276 g/mol. The summed E-state index contributed by atoms with van der Waals surface area (Å²) < 4.78 is 5.28. The lowest BCUT2D eigenvalue weighted by molar-refractivity contribution is 0.574. The van der Waals surface area contributed by atoms with Gasteiger partial charge in [-0.15, -0.1) is 11.3 Å². The highest BCUT2D eigenvalue weighted by Gasteiger charge is 2.10. The van der Waals surface area contributed by atoms with Crippen molar-refractivity contribution in [1.82, 2.24) is 4.98 Å². The van der Waals surface area contributed by atoms with Crippen molar-refractivity contribution < 1.29 is 4.42 Å². The normalized spacial score (nSPS) is 10.7. The lowest BCUT2D eigenvalue weighted by Gasteiger charge is -2.03. The zero-order chi connectivity index (χ0) is 12.5. The topological polar surface area (TPSA) is 52.0 Å². The highest BCUT2D eigenvalue weighted by molar-refractivity contribution is 7.19. The summed E-state index contributed by atoms with van der Waals surface area (Å²) in [7, 11) is 0. The molecular weight excluding hydrogens is 268 g/mol. The summed E-state index contributed by atoms with van der Waals surface area (Å²) in [4.78, 5) is 5.16. The van der Waals surface area contributed by atoms with Crippen molar-refractivity contribution in [3.05, 3.63) is 47.8 Å². The van der Waals surface area contributed by atoms with Crippen LogP contribution in [0.3, 0.4) is 0 Å². The molecule has 1 aromatic carbocycles. The number of rotatable bonds is 2. The van der Waals surface area contributed by atoms with Gasteiger partial charge in [0.1, 0.15) is 6.26 Å². The molecule has 3 rings (SSSR count). The molecule has 0 aliphatic rings. The first kappa shape index (κ1) is 11.3. The fourth-order valence-corrected chi connectivity index (χ4v) is 2.79. The van der Waals surface area contributed by atoms with Gasteiger partial charge in [0.05, 0.1) is 11.2 Å². The van der Waals surface area contributed by atoms with Gasteiger partial charge >= 0.3 is 0 Å². The van der Waals surface area contributed by atoms with E-state index in [1.54, 1.807) is 12.5 Å². The van der Waals surface area contributed by atoms with Crippen LogP contribution in [0.2, 0.25) is 5.02 Å². The molecular formula is C13H9ClN2OS. The van der Waals surface area contributed by atoms with Crippen LogP contribution in [0.1, 0.15) is 0 Å². The predicted octanol–water partition coefficient (Wildman–Crippen LogP) is 4.31. The van der Waals surface area contributed by atoms with E-state index in [1.807, 2.05) is 30.3 Å². The van der Waals surface area contributed by atoms with E-state index in [-0.39, 0.29) is 0 Å². The van der Waals surface area contributed by atoms with Crippen molar-refractivity contribution in [2.45, 2.75) is 0 Å². The summed E-state index contributed by atoms with van der Waals surface area (Å²) >= 11 is 7.72. The molecule has 5 heteroatoms. The van der Waals surface area contributed by atoms with E-state index in [2.05, 4.69) is 4.98 Å². The molecule has 18 heavy (non-hydrogen) atoms. The highest BCUT2D eigenvalue weighted by Crippen LogP contribution is 2.36. The summed E-state index contributed by atoms with van der Waals surface area (Å²) in [6, 6.07) is 9.51. The summed E-state index contributed by atoms with van der Waals surface area (Å²) in [6.45, 7) is 0. The Balaban J connectivity index is 2.12. The van der Waals surface area contributed by atoms with Crippen LogP contribution in [0.25, 0.3) is 21.9 Å². The third-order valence-corrected chi connectivity index (χ3v) is 3.82. The quantitative estimate of drug-likeness (QED) is 0.759. The van der Waals surface area contributed by atoms with Crippen molar-refractivity contribution in [1.29, 1.82) is 0 Å². The number of nitrogens with two attached hydrogens (primary N) is 1. The van der Waals surface area contributed by atoms with E-state index in [0.29, 0.717) is 10.9 Å². The molecule has 0 radical (unpaired) electrons. The molecule has 0 saturated carbocycles. The average molecular weight is 277 g/mol. The van der Waals surface area contributed by atoms with Crippen LogP contribution in [-0.4, -0.2) is 4.98 Å². The molecule has 90 valence electrons. The zero-order valence-electron chi connectivity index (χ0n) is 9.26. The molecule has 0 amide bonds. The van der Waals surface area contributed by atoms with Crippen molar-refractivity contribution >= 4 is 27.9 Å². The summed E-state index contributed by atoms with van der Waals surface area (Å²) in [5.41, 5.74) is 7.58. The van der Waals surface area contributed by atoms with Gasteiger partial charge in [0, 0.05) is 21.0 Å². The van der Waals surface area contributed by atoms with Gasteiger partial charge in [0.25, 0.3) is 0 Å². The van der Waals surface area contributed by atoms with Gasteiger partial charge in [-0.05, 0) is 30.3 Å². The molecule has 0 spiro atoms. The Kier molecular flexibility index (Phi) is 2.81. The number of halogens is 1. The van der Waals surface area contributed by atoms with E-state index < -0.39 is 0 Å². The Hall–Kier alpha value is -1.78. The number of hydrogen-bond acceptors (Lipinski definition) is 4. The first-order valence-corrected chi connectivity index (χ1v) is 6.48. The first-order valence-electron chi connectivity index (χ1n) is 5.29. The SMILES string of the molecule is Nc1ccc(-c2cc(-c3ncco3)ccc2Cl)s1. The van der Waals surface area contributed by atoms with Crippen molar-refractivity contribution in [2.75, 3.05) is 5.73 Å². The van der Waals surface area contributed by atoms with Gasteiger partial charge in [-0.2, -0.15) is 0 Å². The number of nitrogen functional groups attached to an aromatic ring is 1. The minimum Gasteiger partial charge on any atom is -0.445 e. The number of nitrogens with zero attached hydrogens (tertiary/aromatic N) is 1. The zero-order valence-corrected chi connectivity index (χ0v) is 10.8.